The van der Waals surface area contributed by atoms with Gasteiger partial charge in [-0.25, -0.2) is 0 Å². The molecule has 0 saturated carbocycles. The molecular formula is C9H19NO6. The monoisotopic (exact) mass is 237 g/mol. The predicted octanol–water partition coefficient (Wildman–Crippen LogP) is -3.25. The normalized spacial score (nSPS) is 15.4. The molecule has 7 N–H and O–H groups in total. The van der Waals surface area contributed by atoms with Crippen LogP contribution in [0.1, 0.15) is 0 Å². The Bertz CT molecular complexity index is 198. The summed E-state index contributed by atoms with van der Waals surface area (Å²) in [6.45, 7) is 2.25. The molecule has 0 saturated heterocycles. The minimum absolute atomic E-state index is 0.583. The maximum Gasteiger partial charge on any atom is 0.189 e. The summed E-state index contributed by atoms with van der Waals surface area (Å²) in [5.41, 5.74) is 4.91. The van der Waals surface area contributed by atoms with Crippen molar-refractivity contribution in [1.82, 2.24) is 0 Å². The molecule has 3 atom stereocenters. The Hall–Kier alpha value is -0.830. The molecule has 3 unspecified atom stereocenters. The highest BCUT2D eigenvalue weighted by atomic mass is 16.4. The highest BCUT2D eigenvalue weighted by Gasteiger charge is 2.28. The quantitative estimate of drug-likeness (QED) is 0.266. The number of carbonyl (C=O) groups is 1. The van der Waals surface area contributed by atoms with Crippen molar-refractivity contribution in [2.75, 3.05) is 19.8 Å². The molecule has 16 heavy (non-hydrogen) atoms. The first-order valence-electron chi connectivity index (χ1n) is 4.55. The summed E-state index contributed by atoms with van der Waals surface area (Å²) in [4.78, 5) is 10.5. The van der Waals surface area contributed by atoms with Gasteiger partial charge in [0.15, 0.2) is 5.78 Å². The van der Waals surface area contributed by atoms with Crippen LogP contribution in [0, 0.1) is 0 Å². The fourth-order valence-electron chi connectivity index (χ4n) is 0.602. The zero-order valence-electron chi connectivity index (χ0n) is 8.86. The minimum atomic E-state index is -1.86. The highest BCUT2D eigenvalue weighted by molar-refractivity contribution is 5.84. The van der Waals surface area contributed by atoms with E-state index in [0.29, 0.717) is 6.54 Å². The summed E-state index contributed by atoms with van der Waals surface area (Å²) >= 11 is 0. The Balaban J connectivity index is 0. The van der Waals surface area contributed by atoms with Crippen LogP contribution in [-0.2, 0) is 4.79 Å². The van der Waals surface area contributed by atoms with E-state index in [9.17, 15) is 4.79 Å². The Morgan fingerprint density at radius 3 is 2.00 bits per heavy atom. The molecule has 0 radical (unpaired) electrons. The number of hydrogen-bond donors (Lipinski definition) is 6. The van der Waals surface area contributed by atoms with Gasteiger partial charge in [0.25, 0.3) is 0 Å². The lowest BCUT2D eigenvalue weighted by molar-refractivity contribution is -0.142. The third-order valence-corrected chi connectivity index (χ3v) is 1.56. The lowest BCUT2D eigenvalue weighted by atomic mass is 10.1. The average Bonchev–Trinajstić information content (AvgIpc) is 2.34. The van der Waals surface area contributed by atoms with Crippen molar-refractivity contribution in [3.8, 4) is 0 Å². The van der Waals surface area contributed by atoms with Gasteiger partial charge in [0, 0.05) is 6.54 Å². The first-order chi connectivity index (χ1) is 7.45. The predicted molar refractivity (Wildman–Crippen MR) is 56.5 cm³/mol. The molecule has 0 amide bonds. The molecule has 7 nitrogen and oxygen atoms in total. The molecule has 0 aliphatic heterocycles. The van der Waals surface area contributed by atoms with Gasteiger partial charge >= 0.3 is 0 Å². The zero-order valence-corrected chi connectivity index (χ0v) is 8.86. The van der Waals surface area contributed by atoms with Gasteiger partial charge in [-0.15, -0.1) is 6.58 Å². The van der Waals surface area contributed by atoms with Gasteiger partial charge in [0.1, 0.15) is 24.9 Å². The number of hydrogen-bond acceptors (Lipinski definition) is 7. The fourth-order valence-corrected chi connectivity index (χ4v) is 0.602. The van der Waals surface area contributed by atoms with Gasteiger partial charge in [-0.3, -0.25) is 4.79 Å². The van der Waals surface area contributed by atoms with Crippen molar-refractivity contribution in [3.63, 3.8) is 0 Å². The number of aliphatic hydroxyl groups is 5. The van der Waals surface area contributed by atoms with Crippen molar-refractivity contribution in [3.05, 3.63) is 12.7 Å². The largest absolute Gasteiger partial charge is 0.394 e. The van der Waals surface area contributed by atoms with E-state index >= 15 is 0 Å². The Kier molecular flexibility index (Phi) is 11.7. The molecule has 0 aromatic heterocycles. The van der Waals surface area contributed by atoms with Crippen LogP contribution in [0.5, 0.6) is 0 Å². The zero-order chi connectivity index (χ0) is 13.1. The number of Topliss-reactive ketones (excluding diaryl/α,β-unsaturated/α-hetero) is 1. The molecule has 96 valence electrons. The molecule has 0 rings (SSSR count). The van der Waals surface area contributed by atoms with E-state index in [-0.39, 0.29) is 0 Å². The molecular weight excluding hydrogens is 218 g/mol. The van der Waals surface area contributed by atoms with E-state index in [0.717, 1.165) is 0 Å². The second-order valence-electron chi connectivity index (χ2n) is 2.83. The third-order valence-electron chi connectivity index (χ3n) is 1.56. The number of rotatable bonds is 6. The second kappa shape index (κ2) is 10.7. The van der Waals surface area contributed by atoms with Gasteiger partial charge in [-0.05, 0) is 0 Å². The standard InChI is InChI=1S/C6H12O6.C3H7N/c7-1-3(9)5(11)6(12)4(10)2-8;1-2-3-4/h3,5-9,11-12H,1-2H2;2H,1,3-4H2. The van der Waals surface area contributed by atoms with Crippen LogP contribution in [0.15, 0.2) is 12.7 Å². The Labute approximate surface area is 93.4 Å². The van der Waals surface area contributed by atoms with Crippen LogP contribution in [0.3, 0.4) is 0 Å². The smallest absolute Gasteiger partial charge is 0.189 e. The lowest BCUT2D eigenvalue weighted by Crippen LogP contribution is -2.44. The summed E-state index contributed by atoms with van der Waals surface area (Å²) in [5, 5.41) is 43.1. The Morgan fingerprint density at radius 2 is 1.75 bits per heavy atom. The van der Waals surface area contributed by atoms with Gasteiger partial charge in [-0.2, -0.15) is 0 Å². The summed E-state index contributed by atoms with van der Waals surface area (Å²) in [6.07, 6.45) is -3.57. The maximum absolute atomic E-state index is 10.5. The number of carbonyl (C=O) groups excluding carboxylic acids is 1. The van der Waals surface area contributed by atoms with E-state index < -0.39 is 37.3 Å². The lowest BCUT2D eigenvalue weighted by Gasteiger charge is -2.19. The highest BCUT2D eigenvalue weighted by Crippen LogP contribution is 2.00. The maximum atomic E-state index is 10.5. The number of aliphatic hydroxyl groups excluding tert-OH is 5. The number of nitrogens with two attached hydrogens (primary N) is 1. The molecule has 0 aromatic rings. The van der Waals surface area contributed by atoms with Crippen LogP contribution in [-0.4, -0.2) is 69.4 Å². The SMILES string of the molecule is C=CCN.O=C(CO)C(O)C(O)C(O)CO. The van der Waals surface area contributed by atoms with Gasteiger partial charge < -0.3 is 31.3 Å². The van der Waals surface area contributed by atoms with Crippen LogP contribution in [0.25, 0.3) is 0 Å². The number of ketones is 1. The van der Waals surface area contributed by atoms with Crippen LogP contribution < -0.4 is 5.73 Å². The minimum Gasteiger partial charge on any atom is -0.394 e. The first kappa shape index (κ1) is 17.6. The topological polar surface area (TPSA) is 144 Å². The summed E-state index contributed by atoms with van der Waals surface area (Å²) in [6, 6.07) is 0. The van der Waals surface area contributed by atoms with Gasteiger partial charge in [0.2, 0.25) is 0 Å². The molecule has 7 heteroatoms. The molecule has 0 heterocycles. The molecule has 0 aliphatic rings. The van der Waals surface area contributed by atoms with Crippen LogP contribution in [0.4, 0.5) is 0 Å². The van der Waals surface area contributed by atoms with Crippen LogP contribution >= 0.6 is 0 Å². The van der Waals surface area contributed by atoms with Crippen LogP contribution in [0.2, 0.25) is 0 Å². The van der Waals surface area contributed by atoms with Crippen molar-refractivity contribution in [2.45, 2.75) is 18.3 Å². The van der Waals surface area contributed by atoms with Gasteiger partial charge in [0.05, 0.1) is 6.61 Å². The summed E-state index contributed by atoms with van der Waals surface area (Å²) in [7, 11) is 0. The van der Waals surface area contributed by atoms with E-state index in [2.05, 4.69) is 6.58 Å². The van der Waals surface area contributed by atoms with Crippen molar-refractivity contribution >= 4 is 5.78 Å². The Morgan fingerprint density at radius 1 is 1.31 bits per heavy atom. The molecule has 0 aromatic carbocycles. The van der Waals surface area contributed by atoms with Crippen molar-refractivity contribution < 1.29 is 30.3 Å². The molecule has 0 aliphatic carbocycles. The van der Waals surface area contributed by atoms with E-state index in [1.165, 1.54) is 0 Å². The van der Waals surface area contributed by atoms with E-state index in [1.807, 2.05) is 0 Å². The fraction of sp³-hybridized carbons (Fsp3) is 0.667. The first-order valence-corrected chi connectivity index (χ1v) is 4.55. The summed E-state index contributed by atoms with van der Waals surface area (Å²) < 4.78 is 0. The van der Waals surface area contributed by atoms with E-state index in [4.69, 9.17) is 31.3 Å². The summed E-state index contributed by atoms with van der Waals surface area (Å²) in [5.74, 6) is -1.00. The van der Waals surface area contributed by atoms with Crippen molar-refractivity contribution in [2.24, 2.45) is 5.73 Å². The second-order valence-corrected chi connectivity index (χ2v) is 2.83. The van der Waals surface area contributed by atoms with Crippen molar-refractivity contribution in [1.29, 1.82) is 0 Å². The third kappa shape index (κ3) is 7.46. The average molecular weight is 237 g/mol. The molecule has 0 bridgehead atoms. The van der Waals surface area contributed by atoms with Gasteiger partial charge in [-0.1, -0.05) is 6.08 Å². The molecule has 0 fully saturated rings. The van der Waals surface area contributed by atoms with E-state index in [1.54, 1.807) is 6.08 Å². The molecule has 0 spiro atoms.